The molecule has 0 saturated heterocycles. The highest BCUT2D eigenvalue weighted by Crippen LogP contribution is 2.49. The fourth-order valence-corrected chi connectivity index (χ4v) is 16.8. The lowest BCUT2D eigenvalue weighted by molar-refractivity contribution is -0.162. The summed E-state index contributed by atoms with van der Waals surface area (Å²) in [4.78, 5) is 176. The Hall–Kier alpha value is -11.0. The number of halogens is 10. The highest BCUT2D eigenvalue weighted by atomic mass is 35.5. The third kappa shape index (κ3) is 34.2. The monoisotopic (exact) mass is 2190 g/mol. The lowest BCUT2D eigenvalue weighted by Gasteiger charge is -2.29. The van der Waals surface area contributed by atoms with Crippen LogP contribution in [0.3, 0.4) is 0 Å². The predicted octanol–water partition coefficient (Wildman–Crippen LogP) is 15.8. The zero-order chi connectivity index (χ0) is 111. The summed E-state index contributed by atoms with van der Waals surface area (Å²) in [6, 6.07) is 9.99. The van der Waals surface area contributed by atoms with E-state index >= 15 is 0 Å². The van der Waals surface area contributed by atoms with Gasteiger partial charge in [0.2, 0.25) is 20.4 Å². The van der Waals surface area contributed by atoms with E-state index in [2.05, 4.69) is 0 Å². The Morgan fingerprint density at radius 3 is 0.730 bits per heavy atom. The van der Waals surface area contributed by atoms with Crippen molar-refractivity contribution < 1.29 is 190 Å². The molecule has 148 heavy (non-hydrogen) atoms. The normalized spacial score (nSPS) is 16.4. The Kier molecular flexibility index (Phi) is 45.7. The second kappa shape index (κ2) is 54.6. The van der Waals surface area contributed by atoms with Gasteiger partial charge in [-0.2, -0.15) is 0 Å². The van der Waals surface area contributed by atoms with Crippen molar-refractivity contribution in [1.29, 1.82) is 0 Å². The van der Waals surface area contributed by atoms with E-state index in [-0.39, 0.29) is 217 Å². The number of Topliss-reactive ketones (excluding diaryl/α,β-unsaturated/α-hetero) is 6. The molecule has 798 valence electrons. The maximum atomic E-state index is 14.2. The maximum absolute atomic E-state index is 14.2. The van der Waals surface area contributed by atoms with Crippen molar-refractivity contribution in [1.82, 2.24) is 0 Å². The summed E-state index contributed by atoms with van der Waals surface area (Å²) in [6.07, 6.45) is 1.41. The molecule has 6 N–H and O–H groups in total. The summed E-state index contributed by atoms with van der Waals surface area (Å²) in [7, 11) is -7.70. The third-order valence-electron chi connectivity index (χ3n) is 22.4. The molecule has 6 aromatic carbocycles. The Bertz CT molecular complexity index is 5780. The summed E-state index contributed by atoms with van der Waals surface area (Å²) in [6.45, 7) is 26.8. The van der Waals surface area contributed by atoms with Gasteiger partial charge in [-0.1, -0.05) is 69.6 Å². The molecule has 6 aliphatic rings. The summed E-state index contributed by atoms with van der Waals surface area (Å²) in [5, 5.41) is 61.8. The molecule has 0 aliphatic carbocycles. The topological polar surface area (TPSA) is 516 Å². The van der Waals surface area contributed by atoms with Gasteiger partial charge in [0, 0.05) is 106 Å². The van der Waals surface area contributed by atoms with Gasteiger partial charge in [0.05, 0.1) is 56.2 Å². The summed E-state index contributed by atoms with van der Waals surface area (Å²) >= 11 is 36.7. The number of fused-ring (bicyclic) bond motifs is 6. The predicted molar refractivity (Wildman–Crippen MR) is 532 cm³/mol. The molecule has 6 aromatic rings. The number of hydrogen-bond donors (Lipinski definition) is 6. The van der Waals surface area contributed by atoms with E-state index in [1.165, 1.54) is 65.8 Å². The van der Waals surface area contributed by atoms with E-state index in [0.29, 0.717) is 58.7 Å². The molecule has 0 bridgehead atoms. The molecule has 0 unspecified atom stereocenters. The highest BCUT2D eigenvalue weighted by molar-refractivity contribution is 6.51. The van der Waals surface area contributed by atoms with Crippen molar-refractivity contribution in [2.24, 2.45) is 16.2 Å². The minimum Gasteiger partial charge on any atom is -0.535 e. The fraction of sp³-hybridized carbons (Fsp3) is 0.469. The van der Waals surface area contributed by atoms with Crippen LogP contribution in [0, 0.1) is 39.5 Å². The lowest BCUT2D eigenvalue weighted by atomic mass is 9.64. The Morgan fingerprint density at radius 2 is 0.500 bits per heavy atom. The standard InChI is InChI=1S/C18H21BCl2O7.C18H22BClO7.C18H21BF2O7.C14H15BCl2O5.C14H16BClO5.C14H15BF2O5/c1-9(22)5-10-6-11-14(21)13(20)7-12(15(11)28-19(10)25)16(23)26-8-27-17(24)18(2,3)4;1-10(21)5-12-6-11-7-13(20)8-14(15(11)27-19(12)24)16(22)25-9-26-17(23)18(2,3)4;1-9(22)5-10-6-11-14(21)13(20)7-12(15(11)28-19(10)25)16(23)26-8-27-17(24)18(2,3)4;1-3-21-14(19)10-6-11(16)12(17)9-5-8(4-7(2)18)15(20)22-13(9)10;1-3-20-14(18)12-7-11(16)6-9-5-10(4-8(2)17)15(19)21-13(9)12;1-3-21-14(19)10-6-11(16)12(17)9-5-8(4-7(2)18)15(20)22-13(9)10/h7,10,25H,5-6,8H2,1-4H3;7-8,12,24H,5-6,9H2,1-4H3;7,10,25H,5-6,8H2,1-4H3;6,8,20H,3-5H2,1-2H3;6-7,10,19H,3-5H2,1-2H3;6,8,20H,3-5H2,1-2H3/t10-;12-;10-;8-;10-;8-/m000000/s1. The second-order valence-electron chi connectivity index (χ2n) is 38.1. The fourth-order valence-electron chi connectivity index (χ4n) is 15.4. The van der Waals surface area contributed by atoms with Gasteiger partial charge in [-0.15, -0.1) is 0 Å². The Balaban J connectivity index is 0.000000241. The quantitative estimate of drug-likeness (QED) is 0.00917. The van der Waals surface area contributed by atoms with Crippen LogP contribution in [0.1, 0.15) is 259 Å². The van der Waals surface area contributed by atoms with E-state index < -0.39 is 191 Å². The number of carbonyl (C=O) groups is 15. The van der Waals surface area contributed by atoms with Gasteiger partial charge < -0.3 is 129 Å². The molecule has 0 amide bonds. The van der Waals surface area contributed by atoms with Crippen LogP contribution in [-0.2, 0) is 124 Å². The average Bonchev–Trinajstić information content (AvgIpc) is 0.761. The minimum atomic E-state index is -1.48. The first-order chi connectivity index (χ1) is 68.9. The molecule has 6 heterocycles. The number of rotatable bonds is 27. The van der Waals surface area contributed by atoms with Crippen molar-refractivity contribution in [2.45, 2.75) is 237 Å². The van der Waals surface area contributed by atoms with Crippen LogP contribution in [0.4, 0.5) is 17.6 Å². The Morgan fingerprint density at radius 1 is 0.297 bits per heavy atom. The van der Waals surface area contributed by atoms with Gasteiger partial charge >= 0.3 is 96.4 Å². The molecule has 12 rings (SSSR count). The molecule has 0 fully saturated rings. The van der Waals surface area contributed by atoms with Crippen LogP contribution >= 0.6 is 69.6 Å². The van der Waals surface area contributed by atoms with E-state index in [0.717, 1.165) is 0 Å². The summed E-state index contributed by atoms with van der Waals surface area (Å²) in [5.74, 6) is -15.3. The number of benzene rings is 6. The largest absolute Gasteiger partial charge is 0.535 e. The van der Waals surface area contributed by atoms with Gasteiger partial charge in [0.1, 0.15) is 103 Å². The average molecular weight is 2190 g/mol. The van der Waals surface area contributed by atoms with E-state index in [9.17, 15) is 120 Å². The zero-order valence-electron chi connectivity index (χ0n) is 84.0. The molecule has 0 saturated carbocycles. The van der Waals surface area contributed by atoms with Crippen molar-refractivity contribution in [3.05, 3.63) is 169 Å². The van der Waals surface area contributed by atoms with E-state index in [1.807, 2.05) is 0 Å². The minimum absolute atomic E-state index is 0.0182. The third-order valence-corrected chi connectivity index (χ3v) is 24.5. The number of ether oxygens (including phenoxy) is 9. The molecular formula is C96H110B6Cl6F4O36. The molecule has 0 radical (unpaired) electrons. The van der Waals surface area contributed by atoms with Crippen molar-refractivity contribution in [2.75, 3.05) is 40.2 Å². The molecule has 6 aliphatic heterocycles. The molecule has 0 aromatic heterocycles. The molecular weight excluding hydrogens is 2080 g/mol. The van der Waals surface area contributed by atoms with Gasteiger partial charge in [-0.25, -0.2) is 46.3 Å². The zero-order valence-corrected chi connectivity index (χ0v) is 88.5. The number of hydrogen-bond acceptors (Lipinski definition) is 36. The molecule has 36 nitrogen and oxygen atoms in total. The van der Waals surface area contributed by atoms with Crippen molar-refractivity contribution in [3.8, 4) is 34.5 Å². The first-order valence-corrected chi connectivity index (χ1v) is 48.5. The first kappa shape index (κ1) is 124. The van der Waals surface area contributed by atoms with Crippen LogP contribution in [-0.4, -0.2) is 201 Å². The van der Waals surface area contributed by atoms with Gasteiger partial charge in [0.25, 0.3) is 0 Å². The molecule has 0 spiro atoms. The van der Waals surface area contributed by atoms with Crippen LogP contribution in [0.15, 0.2) is 48.5 Å². The van der Waals surface area contributed by atoms with Crippen LogP contribution in [0.25, 0.3) is 0 Å². The molecule has 52 heteroatoms. The maximum Gasteiger partial charge on any atom is 0.526 e. The first-order valence-electron chi connectivity index (χ1n) is 46.2. The van der Waals surface area contributed by atoms with Crippen LogP contribution in [0.5, 0.6) is 34.5 Å². The lowest BCUT2D eigenvalue weighted by Crippen LogP contribution is -2.36. The number of ketones is 6. The van der Waals surface area contributed by atoms with Crippen LogP contribution in [0.2, 0.25) is 65.0 Å². The Labute approximate surface area is 881 Å². The SMILES string of the molecule is CC(=O)C[C@H]1Cc2c(Cl)c(Cl)cc(C(=O)OCOC(=O)C(C)(C)C)c2OB1O.CC(=O)C[C@H]1Cc2c(F)c(F)cc(C(=O)OCOC(=O)C(C)(C)C)c2OB1O.CC(=O)C[C@H]1Cc2cc(Cl)cc(C(=O)OCOC(=O)C(C)(C)C)c2OB1O.CCOC(=O)c1cc(Cl)c(Cl)c2c1OB(O)[C@@H](CC(C)=O)C2.CCOC(=O)c1cc(Cl)cc2c1OB(O)[C@@H](CC(C)=O)C2.CCOC(=O)c1cc(F)c(F)c2c1OB(O)[C@@H](CC(C)=O)C2. The molecule has 6 atom stereocenters. The number of carbonyl (C=O) groups excluding carboxylic acids is 15. The summed E-state index contributed by atoms with van der Waals surface area (Å²) < 4.78 is 132. The van der Waals surface area contributed by atoms with Gasteiger partial charge in [0.15, 0.2) is 23.3 Å². The smallest absolute Gasteiger partial charge is 0.526 e. The summed E-state index contributed by atoms with van der Waals surface area (Å²) in [5.41, 5.74) is -0.974. The van der Waals surface area contributed by atoms with Gasteiger partial charge in [-0.3, -0.25) is 14.4 Å². The highest BCUT2D eigenvalue weighted by Gasteiger charge is 2.47. The second-order valence-corrected chi connectivity index (χ2v) is 40.6. The van der Waals surface area contributed by atoms with Crippen LogP contribution < -0.4 is 27.9 Å². The van der Waals surface area contributed by atoms with Crippen molar-refractivity contribution >= 4 is 201 Å². The number of esters is 9. The van der Waals surface area contributed by atoms with Crippen molar-refractivity contribution in [3.63, 3.8) is 0 Å². The van der Waals surface area contributed by atoms with E-state index in [1.54, 1.807) is 95.2 Å². The van der Waals surface area contributed by atoms with E-state index in [4.69, 9.17) is 140 Å². The van der Waals surface area contributed by atoms with Gasteiger partial charge in [-0.05, 0) is 223 Å².